The van der Waals surface area contributed by atoms with Gasteiger partial charge in [0, 0.05) is 29.2 Å². The molecule has 2 N–H and O–H groups in total. The van der Waals surface area contributed by atoms with Crippen LogP contribution in [-0.4, -0.2) is 17.0 Å². The molecule has 0 atom stereocenters. The number of halogens is 1. The Kier molecular flexibility index (Phi) is 5.17. The van der Waals surface area contributed by atoms with Gasteiger partial charge >= 0.3 is 0 Å². The van der Waals surface area contributed by atoms with E-state index in [4.69, 9.17) is 0 Å². The molecule has 1 heterocycles. The van der Waals surface area contributed by atoms with Crippen molar-refractivity contribution in [2.75, 3.05) is 17.7 Å². The first-order valence-corrected chi connectivity index (χ1v) is 7.93. The molecule has 0 saturated carbocycles. The fourth-order valence-electron chi connectivity index (χ4n) is 2.12. The second-order valence-corrected chi connectivity index (χ2v) is 5.96. The van der Waals surface area contributed by atoms with Gasteiger partial charge in [-0.15, -0.1) is 0 Å². The molecule has 0 fully saturated rings. The van der Waals surface area contributed by atoms with Crippen molar-refractivity contribution in [3.05, 3.63) is 39.6 Å². The highest BCUT2D eigenvalue weighted by Crippen LogP contribution is 2.27. The Bertz CT molecular complexity index is 640. The Balaban J connectivity index is 2.42. The quantitative estimate of drug-likeness (QED) is 0.829. The number of anilines is 3. The third kappa shape index (κ3) is 3.73. The van der Waals surface area contributed by atoms with Crippen LogP contribution in [-0.2, 0) is 6.42 Å². The molecule has 0 spiro atoms. The van der Waals surface area contributed by atoms with Crippen molar-refractivity contribution in [1.29, 1.82) is 0 Å². The van der Waals surface area contributed by atoms with E-state index >= 15 is 0 Å². The molecule has 1 aromatic heterocycles. The van der Waals surface area contributed by atoms with E-state index in [1.54, 1.807) is 0 Å². The number of rotatable bonds is 5. The van der Waals surface area contributed by atoms with Crippen LogP contribution in [0.5, 0.6) is 0 Å². The lowest BCUT2D eigenvalue weighted by atomic mass is 10.2. The highest BCUT2D eigenvalue weighted by Gasteiger charge is 2.11. The van der Waals surface area contributed by atoms with Crippen molar-refractivity contribution in [3.8, 4) is 0 Å². The minimum absolute atomic E-state index is 0.860. The molecule has 0 aliphatic rings. The third-order valence-electron chi connectivity index (χ3n) is 3.36. The molecular formula is C16H21BrN4. The molecular weight excluding hydrogens is 328 g/mol. The van der Waals surface area contributed by atoms with Crippen LogP contribution in [0, 0.1) is 13.8 Å². The zero-order chi connectivity index (χ0) is 15.4. The van der Waals surface area contributed by atoms with E-state index in [1.165, 1.54) is 5.56 Å². The third-order valence-corrected chi connectivity index (χ3v) is 3.85. The first-order valence-electron chi connectivity index (χ1n) is 7.13. The van der Waals surface area contributed by atoms with Gasteiger partial charge in [-0.25, -0.2) is 9.97 Å². The molecule has 0 aliphatic carbocycles. The largest absolute Gasteiger partial charge is 0.373 e. The fraction of sp³-hybridized carbons (Fsp3) is 0.375. The van der Waals surface area contributed by atoms with Crippen LogP contribution in [0.1, 0.15) is 30.3 Å². The summed E-state index contributed by atoms with van der Waals surface area (Å²) >= 11 is 3.51. The second kappa shape index (κ2) is 6.89. The fourth-order valence-corrected chi connectivity index (χ4v) is 2.48. The summed E-state index contributed by atoms with van der Waals surface area (Å²) in [4.78, 5) is 9.21. The van der Waals surface area contributed by atoms with Gasteiger partial charge in [0.15, 0.2) is 0 Å². The summed E-state index contributed by atoms with van der Waals surface area (Å²) in [6.45, 7) is 6.24. The summed E-state index contributed by atoms with van der Waals surface area (Å²) in [7, 11) is 1.89. The predicted octanol–water partition coefficient (Wildman–Crippen LogP) is 4.59. The highest BCUT2D eigenvalue weighted by molar-refractivity contribution is 9.10. The zero-order valence-electron chi connectivity index (χ0n) is 12.9. The molecule has 0 unspecified atom stereocenters. The highest BCUT2D eigenvalue weighted by atomic mass is 79.9. The van der Waals surface area contributed by atoms with E-state index in [0.29, 0.717) is 0 Å². The summed E-state index contributed by atoms with van der Waals surface area (Å²) in [5, 5.41) is 6.58. The van der Waals surface area contributed by atoms with Gasteiger partial charge in [-0.05, 0) is 38.0 Å². The van der Waals surface area contributed by atoms with Crippen molar-refractivity contribution in [1.82, 2.24) is 9.97 Å². The van der Waals surface area contributed by atoms with E-state index in [0.717, 1.165) is 46.0 Å². The van der Waals surface area contributed by atoms with Gasteiger partial charge in [-0.3, -0.25) is 0 Å². The smallest absolute Gasteiger partial charge is 0.139 e. The Hall–Kier alpha value is -1.62. The van der Waals surface area contributed by atoms with E-state index in [9.17, 15) is 0 Å². The number of nitrogens with one attached hydrogen (secondary N) is 2. The molecule has 0 amide bonds. The molecule has 0 aliphatic heterocycles. The maximum atomic E-state index is 4.66. The van der Waals surface area contributed by atoms with E-state index in [1.807, 2.05) is 20.0 Å². The molecule has 0 radical (unpaired) electrons. The van der Waals surface area contributed by atoms with Crippen molar-refractivity contribution < 1.29 is 0 Å². The molecule has 2 aromatic rings. The number of aromatic nitrogens is 2. The molecule has 5 heteroatoms. The maximum Gasteiger partial charge on any atom is 0.139 e. The van der Waals surface area contributed by atoms with Crippen LogP contribution < -0.4 is 10.6 Å². The van der Waals surface area contributed by atoms with Crippen LogP contribution in [0.15, 0.2) is 22.7 Å². The van der Waals surface area contributed by atoms with E-state index in [2.05, 4.69) is 62.5 Å². The lowest BCUT2D eigenvalue weighted by molar-refractivity contribution is 0.835. The predicted molar refractivity (Wildman–Crippen MR) is 92.5 cm³/mol. The number of benzene rings is 1. The zero-order valence-corrected chi connectivity index (χ0v) is 14.5. The maximum absolute atomic E-state index is 4.66. The number of nitrogens with zero attached hydrogens (tertiary/aromatic N) is 2. The number of hydrogen-bond acceptors (Lipinski definition) is 4. The van der Waals surface area contributed by atoms with Crippen molar-refractivity contribution in [2.45, 2.75) is 33.6 Å². The molecule has 21 heavy (non-hydrogen) atoms. The van der Waals surface area contributed by atoms with E-state index in [-0.39, 0.29) is 0 Å². The Morgan fingerprint density at radius 1 is 1.14 bits per heavy atom. The molecule has 112 valence electrons. The lowest BCUT2D eigenvalue weighted by Gasteiger charge is -2.15. The molecule has 0 bridgehead atoms. The van der Waals surface area contributed by atoms with Crippen LogP contribution in [0.4, 0.5) is 17.3 Å². The lowest BCUT2D eigenvalue weighted by Crippen LogP contribution is -2.07. The number of hydrogen-bond donors (Lipinski definition) is 2. The van der Waals surface area contributed by atoms with Gasteiger partial charge in [-0.2, -0.15) is 0 Å². The van der Waals surface area contributed by atoms with Crippen LogP contribution in [0.25, 0.3) is 0 Å². The van der Waals surface area contributed by atoms with Crippen molar-refractivity contribution >= 4 is 33.3 Å². The molecule has 4 nitrogen and oxygen atoms in total. The average molecular weight is 349 g/mol. The van der Waals surface area contributed by atoms with Gasteiger partial charge in [0.2, 0.25) is 0 Å². The molecule has 2 rings (SSSR count). The van der Waals surface area contributed by atoms with Crippen molar-refractivity contribution in [2.24, 2.45) is 0 Å². The van der Waals surface area contributed by atoms with Crippen LogP contribution in [0.3, 0.4) is 0 Å². The van der Waals surface area contributed by atoms with Gasteiger partial charge in [-0.1, -0.05) is 28.9 Å². The van der Waals surface area contributed by atoms with Gasteiger partial charge in [0.05, 0.1) is 0 Å². The minimum Gasteiger partial charge on any atom is -0.373 e. The second-order valence-electron chi connectivity index (χ2n) is 5.05. The summed E-state index contributed by atoms with van der Waals surface area (Å²) in [5.41, 5.74) is 3.26. The SMILES string of the molecule is CCCc1nc(NC)c(C)c(Nc2cc(Br)ccc2C)n1. The summed E-state index contributed by atoms with van der Waals surface area (Å²) in [5.74, 6) is 2.60. The Labute approximate surface area is 134 Å². The topological polar surface area (TPSA) is 49.8 Å². The Morgan fingerprint density at radius 3 is 2.52 bits per heavy atom. The summed E-state index contributed by atoms with van der Waals surface area (Å²) < 4.78 is 1.05. The average Bonchev–Trinajstić information content (AvgIpc) is 2.46. The summed E-state index contributed by atoms with van der Waals surface area (Å²) in [6.07, 6.45) is 1.91. The minimum atomic E-state index is 0.860. The van der Waals surface area contributed by atoms with Crippen molar-refractivity contribution in [3.63, 3.8) is 0 Å². The van der Waals surface area contributed by atoms with E-state index < -0.39 is 0 Å². The summed E-state index contributed by atoms with van der Waals surface area (Å²) in [6, 6.07) is 6.18. The first-order chi connectivity index (χ1) is 10.0. The van der Waals surface area contributed by atoms with Crippen LogP contribution >= 0.6 is 15.9 Å². The normalized spacial score (nSPS) is 10.5. The van der Waals surface area contributed by atoms with Gasteiger partial charge in [0.1, 0.15) is 17.5 Å². The molecule has 0 saturated heterocycles. The monoisotopic (exact) mass is 348 g/mol. The Morgan fingerprint density at radius 2 is 1.86 bits per heavy atom. The first kappa shape index (κ1) is 15.8. The van der Waals surface area contributed by atoms with Gasteiger partial charge < -0.3 is 10.6 Å². The standard InChI is InChI=1S/C16H21BrN4/c1-5-6-14-20-15(18-4)11(3)16(21-14)19-13-9-12(17)8-7-10(13)2/h7-9H,5-6H2,1-4H3,(H2,18,19,20,21). The molecule has 1 aromatic carbocycles. The number of aryl methyl sites for hydroxylation is 2. The van der Waals surface area contributed by atoms with Crippen LogP contribution in [0.2, 0.25) is 0 Å². The van der Waals surface area contributed by atoms with Gasteiger partial charge in [0.25, 0.3) is 0 Å².